The number of fused-ring (bicyclic) bond motifs is 1. The highest BCUT2D eigenvalue weighted by molar-refractivity contribution is 5.84. The standard InChI is InChI=1S/C23H31N5O2/c1-15(2)21-19-13-16(3)6-7-20(19)28(25-21)23-24-22(30-26-23)17-5-4-10-27(14-17)18-8-11-29-12-9-18/h6-7,13,15,17-18H,4-5,8-12,14H2,1-3H3. The van der Waals surface area contributed by atoms with E-state index >= 15 is 0 Å². The third kappa shape index (κ3) is 3.65. The third-order valence-corrected chi connectivity index (χ3v) is 6.54. The van der Waals surface area contributed by atoms with Crippen molar-refractivity contribution in [1.82, 2.24) is 24.8 Å². The molecule has 1 unspecified atom stereocenters. The molecular weight excluding hydrogens is 378 g/mol. The smallest absolute Gasteiger partial charge is 0.291 e. The Labute approximate surface area is 177 Å². The minimum Gasteiger partial charge on any atom is -0.381 e. The Bertz CT molecular complexity index is 1020. The van der Waals surface area contributed by atoms with Crippen molar-refractivity contribution >= 4 is 10.9 Å². The van der Waals surface area contributed by atoms with Crippen molar-refractivity contribution in [3.63, 3.8) is 0 Å². The molecule has 7 nitrogen and oxygen atoms in total. The van der Waals surface area contributed by atoms with Gasteiger partial charge in [-0.05, 0) is 62.4 Å². The second-order valence-electron chi connectivity index (χ2n) is 9.08. The first-order valence-electron chi connectivity index (χ1n) is 11.2. The Morgan fingerprint density at radius 1 is 1.13 bits per heavy atom. The van der Waals surface area contributed by atoms with Crippen LogP contribution in [0.1, 0.15) is 68.5 Å². The van der Waals surface area contributed by atoms with E-state index in [2.05, 4.69) is 49.0 Å². The van der Waals surface area contributed by atoms with E-state index < -0.39 is 0 Å². The molecule has 4 heterocycles. The summed E-state index contributed by atoms with van der Waals surface area (Å²) in [5.41, 5.74) is 3.33. The maximum absolute atomic E-state index is 5.76. The molecular formula is C23H31N5O2. The normalized spacial score (nSPS) is 21.7. The van der Waals surface area contributed by atoms with Crippen LogP contribution < -0.4 is 0 Å². The van der Waals surface area contributed by atoms with Gasteiger partial charge in [-0.25, -0.2) is 0 Å². The number of aromatic nitrogens is 4. The van der Waals surface area contributed by atoms with Gasteiger partial charge in [0.1, 0.15) is 0 Å². The molecule has 30 heavy (non-hydrogen) atoms. The van der Waals surface area contributed by atoms with Crippen molar-refractivity contribution in [1.29, 1.82) is 0 Å². The number of likely N-dealkylation sites (tertiary alicyclic amines) is 1. The number of hydrogen-bond donors (Lipinski definition) is 0. The number of rotatable bonds is 4. The van der Waals surface area contributed by atoms with Crippen LogP contribution in [0.3, 0.4) is 0 Å². The van der Waals surface area contributed by atoms with E-state index in [1.807, 2.05) is 4.68 Å². The number of piperidine rings is 1. The van der Waals surface area contributed by atoms with Crippen molar-refractivity contribution < 1.29 is 9.26 Å². The molecule has 0 bridgehead atoms. The van der Waals surface area contributed by atoms with E-state index in [0.717, 1.165) is 62.7 Å². The van der Waals surface area contributed by atoms with Crippen LogP contribution in [0.5, 0.6) is 0 Å². The second kappa shape index (κ2) is 8.12. The van der Waals surface area contributed by atoms with Gasteiger partial charge in [0, 0.05) is 31.2 Å². The first-order valence-corrected chi connectivity index (χ1v) is 11.2. The molecule has 0 saturated carbocycles. The van der Waals surface area contributed by atoms with Crippen LogP contribution in [0.25, 0.3) is 16.9 Å². The number of nitrogens with zero attached hydrogens (tertiary/aromatic N) is 5. The van der Waals surface area contributed by atoms with Gasteiger partial charge >= 0.3 is 0 Å². The summed E-state index contributed by atoms with van der Waals surface area (Å²) in [4.78, 5) is 7.40. The van der Waals surface area contributed by atoms with Crippen LogP contribution in [-0.2, 0) is 4.74 Å². The quantitative estimate of drug-likeness (QED) is 0.643. The molecule has 5 rings (SSSR count). The van der Waals surface area contributed by atoms with E-state index in [4.69, 9.17) is 19.3 Å². The fourth-order valence-corrected chi connectivity index (χ4v) is 4.90. The number of benzene rings is 1. The second-order valence-corrected chi connectivity index (χ2v) is 9.08. The van der Waals surface area contributed by atoms with Crippen LogP contribution in [0, 0.1) is 6.92 Å². The van der Waals surface area contributed by atoms with Crippen molar-refractivity contribution in [3.8, 4) is 5.95 Å². The number of aryl methyl sites for hydroxylation is 1. The van der Waals surface area contributed by atoms with Crippen LogP contribution in [0.4, 0.5) is 0 Å². The monoisotopic (exact) mass is 409 g/mol. The molecule has 7 heteroatoms. The zero-order valence-corrected chi connectivity index (χ0v) is 18.2. The molecule has 2 aliphatic rings. The van der Waals surface area contributed by atoms with Gasteiger partial charge in [0.25, 0.3) is 5.95 Å². The summed E-state index contributed by atoms with van der Waals surface area (Å²) in [5.74, 6) is 1.89. The first-order chi connectivity index (χ1) is 14.6. The molecule has 2 fully saturated rings. The summed E-state index contributed by atoms with van der Waals surface area (Å²) in [5, 5.41) is 10.3. The van der Waals surface area contributed by atoms with Crippen LogP contribution >= 0.6 is 0 Å². The van der Waals surface area contributed by atoms with Gasteiger partial charge in [-0.3, -0.25) is 4.90 Å². The molecule has 0 N–H and O–H groups in total. The fraction of sp³-hybridized carbons (Fsp3) is 0.609. The van der Waals surface area contributed by atoms with Gasteiger partial charge in [0.15, 0.2) is 0 Å². The molecule has 0 aliphatic carbocycles. The predicted molar refractivity (Wildman–Crippen MR) is 115 cm³/mol. The highest BCUT2D eigenvalue weighted by atomic mass is 16.5. The topological polar surface area (TPSA) is 69.2 Å². The maximum atomic E-state index is 5.76. The molecule has 0 radical (unpaired) electrons. The summed E-state index contributed by atoms with van der Waals surface area (Å²) in [6.45, 7) is 10.3. The maximum Gasteiger partial charge on any atom is 0.291 e. The van der Waals surface area contributed by atoms with E-state index in [1.165, 1.54) is 17.4 Å². The van der Waals surface area contributed by atoms with E-state index in [0.29, 0.717) is 17.9 Å². The molecule has 2 aliphatic heterocycles. The molecule has 2 aromatic heterocycles. The molecule has 1 aromatic carbocycles. The average Bonchev–Trinajstić information content (AvgIpc) is 3.39. The van der Waals surface area contributed by atoms with Crippen LogP contribution in [0.2, 0.25) is 0 Å². The number of ether oxygens (including phenoxy) is 1. The highest BCUT2D eigenvalue weighted by Gasteiger charge is 2.31. The van der Waals surface area contributed by atoms with Crippen LogP contribution in [-0.4, -0.2) is 57.2 Å². The van der Waals surface area contributed by atoms with Crippen LogP contribution in [0.15, 0.2) is 22.7 Å². The van der Waals surface area contributed by atoms with E-state index in [1.54, 1.807) is 0 Å². The molecule has 160 valence electrons. The lowest BCUT2D eigenvalue weighted by Gasteiger charge is -2.38. The largest absolute Gasteiger partial charge is 0.381 e. The summed E-state index contributed by atoms with van der Waals surface area (Å²) in [6, 6.07) is 7.03. The summed E-state index contributed by atoms with van der Waals surface area (Å²) >= 11 is 0. The zero-order valence-electron chi connectivity index (χ0n) is 18.2. The van der Waals surface area contributed by atoms with Gasteiger partial charge < -0.3 is 9.26 Å². The predicted octanol–water partition coefficient (Wildman–Crippen LogP) is 4.20. The molecule has 0 amide bonds. The van der Waals surface area contributed by atoms with Gasteiger partial charge in [-0.1, -0.05) is 25.5 Å². The molecule has 1 atom stereocenters. The lowest BCUT2D eigenvalue weighted by Crippen LogP contribution is -2.44. The molecule has 3 aromatic rings. The molecule has 2 saturated heterocycles. The lowest BCUT2D eigenvalue weighted by atomic mass is 9.95. The Kier molecular flexibility index (Phi) is 5.33. The Morgan fingerprint density at radius 2 is 1.97 bits per heavy atom. The minimum atomic E-state index is 0.288. The minimum absolute atomic E-state index is 0.288. The van der Waals surface area contributed by atoms with Gasteiger partial charge in [-0.15, -0.1) is 0 Å². The summed E-state index contributed by atoms with van der Waals surface area (Å²) in [7, 11) is 0. The third-order valence-electron chi connectivity index (χ3n) is 6.54. The van der Waals surface area contributed by atoms with Gasteiger partial charge in [0.2, 0.25) is 5.89 Å². The van der Waals surface area contributed by atoms with Crippen molar-refractivity contribution in [3.05, 3.63) is 35.3 Å². The zero-order chi connectivity index (χ0) is 20.7. The van der Waals surface area contributed by atoms with Gasteiger partial charge in [0.05, 0.1) is 17.1 Å². The molecule has 0 spiro atoms. The summed E-state index contributed by atoms with van der Waals surface area (Å²) < 4.78 is 13.1. The fourth-order valence-electron chi connectivity index (χ4n) is 4.90. The average molecular weight is 410 g/mol. The van der Waals surface area contributed by atoms with E-state index in [-0.39, 0.29) is 5.92 Å². The number of hydrogen-bond acceptors (Lipinski definition) is 6. The van der Waals surface area contributed by atoms with E-state index in [9.17, 15) is 0 Å². The van der Waals surface area contributed by atoms with Crippen molar-refractivity contribution in [2.45, 2.75) is 64.3 Å². The Morgan fingerprint density at radius 3 is 2.77 bits per heavy atom. The van der Waals surface area contributed by atoms with Crippen molar-refractivity contribution in [2.24, 2.45) is 0 Å². The van der Waals surface area contributed by atoms with Gasteiger partial charge in [-0.2, -0.15) is 14.8 Å². The lowest BCUT2D eigenvalue weighted by molar-refractivity contribution is 0.0221. The highest BCUT2D eigenvalue weighted by Crippen LogP contribution is 2.31. The Balaban J connectivity index is 1.42. The van der Waals surface area contributed by atoms with Crippen molar-refractivity contribution in [2.75, 3.05) is 26.3 Å². The summed E-state index contributed by atoms with van der Waals surface area (Å²) in [6.07, 6.45) is 4.51. The SMILES string of the molecule is Cc1ccc2c(c1)c(C(C)C)nn2-c1noc(C2CCCN(C3CCOCC3)C2)n1. The first kappa shape index (κ1) is 19.7. The Hall–Kier alpha value is -2.25.